The Hall–Kier alpha value is -1.42. The van der Waals surface area contributed by atoms with Crippen molar-refractivity contribution < 1.29 is 4.79 Å². The van der Waals surface area contributed by atoms with E-state index in [1.807, 2.05) is 0 Å². The third-order valence-electron chi connectivity index (χ3n) is 2.92. The second kappa shape index (κ2) is 6.35. The Morgan fingerprint density at radius 3 is 2.94 bits per heavy atom. The lowest BCUT2D eigenvalue weighted by Gasteiger charge is -2.14. The number of rotatable bonds is 5. The maximum Gasteiger partial charge on any atom is 0.251 e. The van der Waals surface area contributed by atoms with Crippen LogP contribution in [0.1, 0.15) is 23.2 Å². The molecule has 1 radical (unpaired) electrons. The van der Waals surface area contributed by atoms with Gasteiger partial charge in [-0.25, -0.2) is 0 Å². The van der Waals surface area contributed by atoms with Crippen LogP contribution < -0.4 is 5.32 Å². The minimum Gasteiger partial charge on any atom is -0.352 e. The molecule has 1 aromatic heterocycles. The molecular weight excluding hydrogens is 214 g/mol. The summed E-state index contributed by atoms with van der Waals surface area (Å²) in [7, 11) is 0. The monoisotopic (exact) mass is 232 g/mol. The molecule has 17 heavy (non-hydrogen) atoms. The third kappa shape index (κ3) is 3.82. The van der Waals surface area contributed by atoms with E-state index in [0.717, 1.165) is 32.6 Å². The second-order valence-electron chi connectivity index (χ2n) is 4.22. The quantitative estimate of drug-likeness (QED) is 0.774. The minimum atomic E-state index is -0.0135. The summed E-state index contributed by atoms with van der Waals surface area (Å²) < 4.78 is 0. The van der Waals surface area contributed by atoms with Crippen LogP contribution in [0.5, 0.6) is 0 Å². The van der Waals surface area contributed by atoms with Gasteiger partial charge in [-0.2, -0.15) is 0 Å². The molecule has 1 fully saturated rings. The second-order valence-corrected chi connectivity index (χ2v) is 4.22. The van der Waals surface area contributed by atoms with Crippen molar-refractivity contribution in [2.75, 3.05) is 26.2 Å². The van der Waals surface area contributed by atoms with Gasteiger partial charge in [0.1, 0.15) is 0 Å². The Morgan fingerprint density at radius 2 is 2.24 bits per heavy atom. The van der Waals surface area contributed by atoms with Gasteiger partial charge in [0.15, 0.2) is 0 Å². The van der Waals surface area contributed by atoms with Crippen LogP contribution in [0.3, 0.4) is 0 Å². The average Bonchev–Trinajstić information content (AvgIpc) is 2.88. The molecule has 4 nitrogen and oxygen atoms in total. The van der Waals surface area contributed by atoms with Crippen LogP contribution in [0, 0.1) is 6.42 Å². The molecule has 4 heteroatoms. The fourth-order valence-corrected chi connectivity index (χ4v) is 1.95. The zero-order valence-electron chi connectivity index (χ0n) is 9.93. The molecule has 0 saturated carbocycles. The van der Waals surface area contributed by atoms with Crippen molar-refractivity contribution in [1.82, 2.24) is 15.2 Å². The Bertz CT molecular complexity index is 347. The molecule has 0 atom stereocenters. The molecule has 0 aliphatic carbocycles. The summed E-state index contributed by atoms with van der Waals surface area (Å²) in [6.45, 7) is 4.06. The van der Waals surface area contributed by atoms with Crippen LogP contribution in [-0.4, -0.2) is 42.0 Å². The van der Waals surface area contributed by atoms with Gasteiger partial charge in [-0.3, -0.25) is 9.78 Å². The maximum atomic E-state index is 11.7. The van der Waals surface area contributed by atoms with Crippen LogP contribution >= 0.6 is 0 Å². The summed E-state index contributed by atoms with van der Waals surface area (Å²) in [5.41, 5.74) is 0.675. The highest BCUT2D eigenvalue weighted by atomic mass is 16.1. The van der Waals surface area contributed by atoms with Gasteiger partial charge in [0.2, 0.25) is 0 Å². The number of likely N-dealkylation sites (tertiary alicyclic amines) is 1. The number of hydrogen-bond donors (Lipinski definition) is 1. The lowest BCUT2D eigenvalue weighted by Crippen LogP contribution is -2.28. The number of nitrogens with one attached hydrogen (secondary N) is 1. The highest BCUT2D eigenvalue weighted by molar-refractivity contribution is 5.93. The molecule has 1 aliphatic heterocycles. The summed E-state index contributed by atoms with van der Waals surface area (Å²) in [6.07, 6.45) is 7.77. The first-order chi connectivity index (χ1) is 8.36. The molecule has 1 amide bonds. The molecule has 0 bridgehead atoms. The smallest absolute Gasteiger partial charge is 0.251 e. The van der Waals surface area contributed by atoms with E-state index in [-0.39, 0.29) is 5.91 Å². The molecule has 1 aliphatic rings. The van der Waals surface area contributed by atoms with Gasteiger partial charge in [0, 0.05) is 31.0 Å². The van der Waals surface area contributed by atoms with Crippen molar-refractivity contribution in [1.29, 1.82) is 0 Å². The van der Waals surface area contributed by atoms with Crippen molar-refractivity contribution in [3.63, 3.8) is 0 Å². The SMILES string of the molecule is O=C(NCCCN1C[CH]CC1)c1ccncc1. The Balaban J connectivity index is 1.63. The van der Waals surface area contributed by atoms with Gasteiger partial charge in [0.25, 0.3) is 5.91 Å². The van der Waals surface area contributed by atoms with Crippen molar-refractivity contribution in [3.8, 4) is 0 Å². The highest BCUT2D eigenvalue weighted by Crippen LogP contribution is 2.05. The van der Waals surface area contributed by atoms with Crippen molar-refractivity contribution in [2.24, 2.45) is 0 Å². The molecule has 1 aromatic rings. The number of carbonyl (C=O) groups is 1. The van der Waals surface area contributed by atoms with Crippen LogP contribution in [0.2, 0.25) is 0 Å². The van der Waals surface area contributed by atoms with Crippen LogP contribution in [-0.2, 0) is 0 Å². The van der Waals surface area contributed by atoms with E-state index in [9.17, 15) is 4.79 Å². The molecule has 91 valence electrons. The van der Waals surface area contributed by atoms with Gasteiger partial charge >= 0.3 is 0 Å². The van der Waals surface area contributed by atoms with Crippen molar-refractivity contribution in [2.45, 2.75) is 12.8 Å². The number of amides is 1. The number of carbonyl (C=O) groups excluding carboxylic acids is 1. The predicted molar refractivity (Wildman–Crippen MR) is 66.5 cm³/mol. The standard InChI is InChI=1S/C13H18N3O/c17-13(12-4-7-14-8-5-12)15-6-3-11-16-9-1-2-10-16/h1,4-5,7-8H,2-3,6,9-11H2,(H,15,17). The first kappa shape index (κ1) is 12.0. The zero-order chi connectivity index (χ0) is 11.9. The minimum absolute atomic E-state index is 0.0135. The van der Waals surface area contributed by atoms with Crippen LogP contribution in [0.15, 0.2) is 24.5 Å². The largest absolute Gasteiger partial charge is 0.352 e. The van der Waals surface area contributed by atoms with Crippen molar-refractivity contribution in [3.05, 3.63) is 36.5 Å². The van der Waals surface area contributed by atoms with E-state index < -0.39 is 0 Å². The maximum absolute atomic E-state index is 11.7. The van der Waals surface area contributed by atoms with E-state index in [0.29, 0.717) is 5.56 Å². The zero-order valence-corrected chi connectivity index (χ0v) is 9.93. The van der Waals surface area contributed by atoms with E-state index in [1.54, 1.807) is 24.5 Å². The number of hydrogen-bond acceptors (Lipinski definition) is 3. The Morgan fingerprint density at radius 1 is 1.41 bits per heavy atom. The summed E-state index contributed by atoms with van der Waals surface area (Å²) in [6, 6.07) is 3.45. The molecule has 2 rings (SSSR count). The number of nitrogens with zero attached hydrogens (tertiary/aromatic N) is 2. The highest BCUT2D eigenvalue weighted by Gasteiger charge is 2.10. The van der Waals surface area contributed by atoms with Crippen LogP contribution in [0.25, 0.3) is 0 Å². The summed E-state index contributed by atoms with van der Waals surface area (Å²) in [5.74, 6) is -0.0135. The summed E-state index contributed by atoms with van der Waals surface area (Å²) in [5, 5.41) is 2.92. The molecule has 2 heterocycles. The topological polar surface area (TPSA) is 45.2 Å². The summed E-state index contributed by atoms with van der Waals surface area (Å²) >= 11 is 0. The van der Waals surface area contributed by atoms with Gasteiger partial charge in [0.05, 0.1) is 0 Å². The van der Waals surface area contributed by atoms with E-state index in [4.69, 9.17) is 0 Å². The van der Waals surface area contributed by atoms with Crippen LogP contribution in [0.4, 0.5) is 0 Å². The first-order valence-corrected chi connectivity index (χ1v) is 6.08. The Labute approximate surface area is 102 Å². The number of pyridine rings is 1. The molecule has 0 aromatic carbocycles. The van der Waals surface area contributed by atoms with E-state index >= 15 is 0 Å². The third-order valence-corrected chi connectivity index (χ3v) is 2.92. The van der Waals surface area contributed by atoms with E-state index in [1.165, 1.54) is 6.42 Å². The van der Waals surface area contributed by atoms with Gasteiger partial charge < -0.3 is 10.2 Å². The van der Waals surface area contributed by atoms with E-state index in [2.05, 4.69) is 21.6 Å². The fourth-order valence-electron chi connectivity index (χ4n) is 1.95. The van der Waals surface area contributed by atoms with Gasteiger partial charge in [-0.1, -0.05) is 0 Å². The molecule has 0 spiro atoms. The average molecular weight is 232 g/mol. The lowest BCUT2D eigenvalue weighted by molar-refractivity contribution is 0.0952. The molecular formula is C13H18N3O. The van der Waals surface area contributed by atoms with Gasteiger partial charge in [-0.15, -0.1) is 0 Å². The fraction of sp³-hybridized carbons (Fsp3) is 0.462. The van der Waals surface area contributed by atoms with Gasteiger partial charge in [-0.05, 0) is 44.5 Å². The number of aromatic nitrogens is 1. The first-order valence-electron chi connectivity index (χ1n) is 6.08. The normalized spacial score (nSPS) is 16.0. The lowest BCUT2D eigenvalue weighted by atomic mass is 10.2. The summed E-state index contributed by atoms with van der Waals surface area (Å²) in [4.78, 5) is 18.0. The predicted octanol–water partition coefficient (Wildman–Crippen LogP) is 1.11. The van der Waals surface area contributed by atoms with Crippen molar-refractivity contribution >= 4 is 5.91 Å². The molecule has 1 saturated heterocycles. The molecule has 1 N–H and O–H groups in total. The molecule has 0 unspecified atom stereocenters. The Kier molecular flexibility index (Phi) is 4.50.